The van der Waals surface area contributed by atoms with E-state index in [9.17, 15) is 14.4 Å². The minimum Gasteiger partial charge on any atom is -0.480 e. The van der Waals surface area contributed by atoms with Gasteiger partial charge in [-0.05, 0) is 12.8 Å². The van der Waals surface area contributed by atoms with Crippen LogP contribution in [0.15, 0.2) is 0 Å². The largest absolute Gasteiger partial charge is 0.480 e. The quantitative estimate of drug-likeness (QED) is 0.494. The highest BCUT2D eigenvalue weighted by atomic mass is 16.6. The third-order valence-corrected chi connectivity index (χ3v) is 2.50. The molecular formula is C11H17NO6. The molecule has 1 fully saturated rings. The average molecular weight is 259 g/mol. The third-order valence-electron chi connectivity index (χ3n) is 2.50. The maximum atomic E-state index is 11.6. The molecule has 2 unspecified atom stereocenters. The summed E-state index contributed by atoms with van der Waals surface area (Å²) in [6.45, 7) is 5.21. The highest BCUT2D eigenvalue weighted by molar-refractivity contribution is 5.94. The molecule has 7 heteroatoms. The number of ether oxygens (including phenoxy) is 2. The van der Waals surface area contributed by atoms with E-state index in [1.807, 2.05) is 0 Å². The van der Waals surface area contributed by atoms with Crippen LogP contribution in [0.1, 0.15) is 20.8 Å². The number of carboxylic acid groups (broad SMARTS) is 1. The van der Waals surface area contributed by atoms with Crippen LogP contribution < -0.4 is 5.32 Å². The molecule has 1 heterocycles. The summed E-state index contributed by atoms with van der Waals surface area (Å²) in [6, 6.07) is -0.996. The molecule has 1 aliphatic rings. The van der Waals surface area contributed by atoms with E-state index in [1.165, 1.54) is 0 Å². The van der Waals surface area contributed by atoms with E-state index in [1.54, 1.807) is 20.8 Å². The van der Waals surface area contributed by atoms with Crippen LogP contribution in [0, 0.1) is 5.92 Å². The van der Waals surface area contributed by atoms with Crippen LogP contribution in [-0.4, -0.2) is 47.8 Å². The first-order chi connectivity index (χ1) is 8.38. The summed E-state index contributed by atoms with van der Waals surface area (Å²) in [5.74, 6) is -2.58. The molecule has 0 aromatic heterocycles. The van der Waals surface area contributed by atoms with Crippen molar-refractivity contribution >= 4 is 17.8 Å². The molecule has 0 saturated carbocycles. The lowest BCUT2D eigenvalue weighted by molar-refractivity contribution is -0.144. The molecule has 1 saturated heterocycles. The number of hydrogen-bond acceptors (Lipinski definition) is 5. The first kappa shape index (κ1) is 14.4. The Hall–Kier alpha value is -1.63. The topological polar surface area (TPSA) is 105 Å². The number of aliphatic carboxylic acids is 1. The van der Waals surface area contributed by atoms with Gasteiger partial charge in [0, 0.05) is 0 Å². The summed E-state index contributed by atoms with van der Waals surface area (Å²) in [5, 5.41) is 11.2. The first-order valence-corrected chi connectivity index (χ1v) is 5.73. The van der Waals surface area contributed by atoms with Crippen molar-refractivity contribution in [1.82, 2.24) is 5.32 Å². The maximum absolute atomic E-state index is 11.6. The van der Waals surface area contributed by atoms with Crippen LogP contribution in [0.5, 0.6) is 0 Å². The smallest absolute Gasteiger partial charge is 0.338 e. The predicted molar refractivity (Wildman–Crippen MR) is 59.7 cm³/mol. The molecule has 102 valence electrons. The van der Waals surface area contributed by atoms with Crippen LogP contribution in [0.25, 0.3) is 0 Å². The van der Waals surface area contributed by atoms with Gasteiger partial charge in [0.2, 0.25) is 0 Å². The Bertz CT molecular complexity index is 353. The predicted octanol–water partition coefficient (Wildman–Crippen LogP) is -0.458. The number of carbonyl (C=O) groups excluding carboxylic acids is 2. The fourth-order valence-electron chi connectivity index (χ4n) is 1.46. The van der Waals surface area contributed by atoms with Crippen LogP contribution in [0.2, 0.25) is 0 Å². The van der Waals surface area contributed by atoms with Crippen molar-refractivity contribution in [2.45, 2.75) is 39.0 Å². The Kier molecular flexibility index (Phi) is 4.66. The van der Waals surface area contributed by atoms with E-state index in [4.69, 9.17) is 9.84 Å². The highest BCUT2D eigenvalue weighted by Gasteiger charge is 2.52. The molecule has 1 aliphatic heterocycles. The van der Waals surface area contributed by atoms with E-state index in [2.05, 4.69) is 10.1 Å². The minimum atomic E-state index is -1.12. The zero-order valence-corrected chi connectivity index (χ0v) is 10.5. The molecule has 0 aromatic carbocycles. The van der Waals surface area contributed by atoms with Crippen molar-refractivity contribution in [3.63, 3.8) is 0 Å². The van der Waals surface area contributed by atoms with E-state index in [0.29, 0.717) is 0 Å². The number of epoxide rings is 1. The minimum absolute atomic E-state index is 0.205. The van der Waals surface area contributed by atoms with Crippen LogP contribution in [0.3, 0.4) is 0 Å². The van der Waals surface area contributed by atoms with E-state index >= 15 is 0 Å². The fourth-order valence-corrected chi connectivity index (χ4v) is 1.46. The van der Waals surface area contributed by atoms with E-state index in [0.717, 1.165) is 0 Å². The fraction of sp³-hybridized carbons (Fsp3) is 0.727. The Morgan fingerprint density at radius 3 is 2.39 bits per heavy atom. The molecule has 7 nitrogen and oxygen atoms in total. The number of hydrogen-bond donors (Lipinski definition) is 2. The summed E-state index contributed by atoms with van der Waals surface area (Å²) in [6.07, 6.45) is -1.85. The summed E-state index contributed by atoms with van der Waals surface area (Å²) in [5.41, 5.74) is 0. The van der Waals surface area contributed by atoms with Gasteiger partial charge in [0.15, 0.2) is 12.2 Å². The molecule has 1 amide bonds. The van der Waals surface area contributed by atoms with Crippen molar-refractivity contribution in [1.29, 1.82) is 0 Å². The molecular weight excluding hydrogens is 242 g/mol. The molecule has 3 atom stereocenters. The number of carbonyl (C=O) groups is 3. The molecule has 0 bridgehead atoms. The lowest BCUT2D eigenvalue weighted by Gasteiger charge is -2.17. The molecule has 1 rings (SSSR count). The van der Waals surface area contributed by atoms with Crippen LogP contribution in [-0.2, 0) is 23.9 Å². The zero-order chi connectivity index (χ0) is 13.9. The van der Waals surface area contributed by atoms with Gasteiger partial charge in [-0.25, -0.2) is 9.59 Å². The SMILES string of the molecule is CCOC(=O)C1OC1C(=O)N[C@H](C(=O)O)C(C)C. The number of nitrogens with one attached hydrogen (secondary N) is 1. The number of rotatable bonds is 6. The zero-order valence-electron chi connectivity index (χ0n) is 10.5. The van der Waals surface area contributed by atoms with Gasteiger partial charge in [0.25, 0.3) is 5.91 Å². The average Bonchev–Trinajstić information content (AvgIpc) is 3.04. The Labute approximate surface area is 104 Å². The number of amides is 1. The molecule has 0 radical (unpaired) electrons. The lowest BCUT2D eigenvalue weighted by atomic mass is 10.0. The summed E-state index contributed by atoms with van der Waals surface area (Å²) < 4.78 is 9.56. The van der Waals surface area contributed by atoms with Crippen molar-refractivity contribution in [3.05, 3.63) is 0 Å². The summed E-state index contributed by atoms with van der Waals surface area (Å²) >= 11 is 0. The lowest BCUT2D eigenvalue weighted by Crippen LogP contribution is -2.46. The molecule has 0 aliphatic carbocycles. The van der Waals surface area contributed by atoms with Crippen molar-refractivity contribution in [2.24, 2.45) is 5.92 Å². The molecule has 2 N–H and O–H groups in total. The summed E-state index contributed by atoms with van der Waals surface area (Å²) in [4.78, 5) is 33.8. The Morgan fingerprint density at radius 1 is 1.33 bits per heavy atom. The second kappa shape index (κ2) is 5.81. The second-order valence-corrected chi connectivity index (χ2v) is 4.30. The van der Waals surface area contributed by atoms with Gasteiger partial charge in [-0.1, -0.05) is 13.8 Å². The van der Waals surface area contributed by atoms with Gasteiger partial charge in [0.1, 0.15) is 6.04 Å². The normalized spacial score (nSPS) is 23.3. The van der Waals surface area contributed by atoms with Gasteiger partial charge < -0.3 is 19.9 Å². The maximum Gasteiger partial charge on any atom is 0.338 e. The van der Waals surface area contributed by atoms with E-state index in [-0.39, 0.29) is 12.5 Å². The standard InChI is InChI=1S/C11H17NO6/c1-4-17-11(16)8-7(18-8)9(13)12-6(5(2)3)10(14)15/h5-8H,4H2,1-3H3,(H,12,13)(H,14,15)/t6-,7?,8?/m0/s1. The summed E-state index contributed by atoms with van der Waals surface area (Å²) in [7, 11) is 0. The van der Waals surface area contributed by atoms with Crippen molar-refractivity contribution < 1.29 is 29.0 Å². The highest BCUT2D eigenvalue weighted by Crippen LogP contribution is 2.24. The molecule has 0 aromatic rings. The van der Waals surface area contributed by atoms with Gasteiger partial charge in [-0.3, -0.25) is 4.79 Å². The number of carboxylic acids is 1. The molecule has 0 spiro atoms. The van der Waals surface area contributed by atoms with Gasteiger partial charge in [0.05, 0.1) is 6.61 Å². The Balaban J connectivity index is 2.48. The number of esters is 1. The van der Waals surface area contributed by atoms with Crippen LogP contribution in [0.4, 0.5) is 0 Å². The second-order valence-electron chi connectivity index (χ2n) is 4.30. The van der Waals surface area contributed by atoms with Crippen molar-refractivity contribution in [3.8, 4) is 0 Å². The monoisotopic (exact) mass is 259 g/mol. The third kappa shape index (κ3) is 3.43. The van der Waals surface area contributed by atoms with Crippen molar-refractivity contribution in [2.75, 3.05) is 6.61 Å². The Morgan fingerprint density at radius 2 is 1.94 bits per heavy atom. The van der Waals surface area contributed by atoms with E-state index < -0.39 is 36.1 Å². The molecule has 18 heavy (non-hydrogen) atoms. The van der Waals surface area contributed by atoms with Gasteiger partial charge in [-0.2, -0.15) is 0 Å². The van der Waals surface area contributed by atoms with Crippen LogP contribution >= 0.6 is 0 Å². The van der Waals surface area contributed by atoms with Gasteiger partial charge in [-0.15, -0.1) is 0 Å². The van der Waals surface area contributed by atoms with Gasteiger partial charge >= 0.3 is 11.9 Å². The first-order valence-electron chi connectivity index (χ1n) is 5.73.